The molecule has 0 aromatic heterocycles. The van der Waals surface area contributed by atoms with Gasteiger partial charge in [-0.2, -0.15) is 0 Å². The fourth-order valence-electron chi connectivity index (χ4n) is 3.71. The third kappa shape index (κ3) is 5.62. The van der Waals surface area contributed by atoms with Gasteiger partial charge in [-0.1, -0.05) is 65.1 Å². The molecule has 1 N–H and O–H groups in total. The summed E-state index contributed by atoms with van der Waals surface area (Å²) in [7, 11) is 0. The Labute approximate surface area is 204 Å². The van der Waals surface area contributed by atoms with Gasteiger partial charge in [0.1, 0.15) is 23.6 Å². The Morgan fingerprint density at radius 1 is 1.25 bits per heavy atom. The van der Waals surface area contributed by atoms with E-state index in [4.69, 9.17) is 44.3 Å². The number of alkyl halides is 3. The van der Waals surface area contributed by atoms with Crippen molar-refractivity contribution in [3.05, 3.63) is 35.9 Å². The lowest BCUT2D eigenvalue weighted by Gasteiger charge is -2.57. The van der Waals surface area contributed by atoms with Gasteiger partial charge in [0.2, 0.25) is 15.6 Å². The predicted molar refractivity (Wildman–Crippen MR) is 120 cm³/mol. The minimum absolute atomic E-state index is 0.113. The first-order chi connectivity index (χ1) is 14.9. The molecule has 2 saturated heterocycles. The number of thioether (sulfide) groups is 1. The second-order valence-electron chi connectivity index (χ2n) is 7.69. The van der Waals surface area contributed by atoms with E-state index in [2.05, 4.69) is 5.32 Å². The van der Waals surface area contributed by atoms with Gasteiger partial charge in [0, 0.05) is 12.7 Å². The molecule has 8 nitrogen and oxygen atoms in total. The molecule has 1 aromatic rings. The van der Waals surface area contributed by atoms with Crippen LogP contribution in [0, 0.1) is 0 Å². The van der Waals surface area contributed by atoms with E-state index in [0.717, 1.165) is 5.56 Å². The summed E-state index contributed by atoms with van der Waals surface area (Å²) in [5.74, 6) is -2.10. The number of amides is 2. The van der Waals surface area contributed by atoms with Crippen LogP contribution < -0.4 is 5.32 Å². The van der Waals surface area contributed by atoms with Crippen molar-refractivity contribution < 1.29 is 28.7 Å². The van der Waals surface area contributed by atoms with Gasteiger partial charge >= 0.3 is 11.9 Å². The fraction of sp³-hybridized carbons (Fsp3) is 0.500. The Morgan fingerprint density at radius 3 is 2.50 bits per heavy atom. The van der Waals surface area contributed by atoms with E-state index in [9.17, 15) is 19.2 Å². The summed E-state index contributed by atoms with van der Waals surface area (Å²) in [4.78, 5) is 51.2. The minimum Gasteiger partial charge on any atom is -0.459 e. The Morgan fingerprint density at radius 2 is 1.91 bits per heavy atom. The second kappa shape index (κ2) is 9.67. The standard InChI is InChI=1S/C20H21Cl3N2O6S/c1-11(26)31-19(2)10-32-17-14(24-13(27)8-12-6-4-3-5-7-12)16(28)25(17)15(19)18(29)30-9-20(21,22)23/h3-7,14-15,17H,8-10H2,1-2H3,(H,24,27)/t14?,15?,17-,19?/m0/s1. The van der Waals surface area contributed by atoms with Crippen molar-refractivity contribution in [1.82, 2.24) is 10.2 Å². The van der Waals surface area contributed by atoms with E-state index in [-0.39, 0.29) is 18.1 Å². The number of rotatable bonds is 6. The van der Waals surface area contributed by atoms with Crippen molar-refractivity contribution in [3.63, 3.8) is 0 Å². The maximum atomic E-state index is 12.9. The lowest BCUT2D eigenvalue weighted by molar-refractivity contribution is -0.186. The smallest absolute Gasteiger partial charge is 0.333 e. The number of carbonyl (C=O) groups excluding carboxylic acids is 4. The van der Waals surface area contributed by atoms with Crippen LogP contribution in [-0.2, 0) is 35.1 Å². The molecule has 0 radical (unpaired) electrons. The Kier molecular flexibility index (Phi) is 7.54. The van der Waals surface area contributed by atoms with Crippen LogP contribution in [0.15, 0.2) is 30.3 Å². The van der Waals surface area contributed by atoms with Gasteiger partial charge in [-0.25, -0.2) is 4.79 Å². The SMILES string of the molecule is CC(=O)OC1(C)CS[C@H]2C(NC(=O)Cc3ccccc3)C(=O)N2C1C(=O)OCC(Cl)(Cl)Cl. The molecule has 2 fully saturated rings. The summed E-state index contributed by atoms with van der Waals surface area (Å²) < 4.78 is 8.66. The molecule has 0 spiro atoms. The maximum Gasteiger partial charge on any atom is 0.333 e. The second-order valence-corrected chi connectivity index (χ2v) is 11.3. The minimum atomic E-state index is -1.84. The summed E-state index contributed by atoms with van der Waals surface area (Å²) >= 11 is 18.3. The summed E-state index contributed by atoms with van der Waals surface area (Å²) in [6, 6.07) is 7.03. The van der Waals surface area contributed by atoms with Crippen molar-refractivity contribution in [2.75, 3.05) is 12.4 Å². The van der Waals surface area contributed by atoms with Crippen molar-refractivity contribution in [2.24, 2.45) is 0 Å². The highest BCUT2D eigenvalue weighted by Gasteiger charge is 2.63. The average Bonchev–Trinajstić information content (AvgIpc) is 2.69. The van der Waals surface area contributed by atoms with Crippen LogP contribution >= 0.6 is 46.6 Å². The number of halogens is 3. The van der Waals surface area contributed by atoms with Gasteiger partial charge in [-0.3, -0.25) is 14.4 Å². The highest BCUT2D eigenvalue weighted by molar-refractivity contribution is 8.00. The Balaban J connectivity index is 1.74. The summed E-state index contributed by atoms with van der Waals surface area (Å²) in [5, 5.41) is 2.19. The molecule has 2 aliphatic rings. The van der Waals surface area contributed by atoms with E-state index >= 15 is 0 Å². The number of nitrogens with zero attached hydrogens (tertiary/aromatic N) is 1. The number of benzene rings is 1. The first kappa shape index (κ1) is 25.0. The van der Waals surface area contributed by atoms with E-state index < -0.39 is 51.3 Å². The molecular weight excluding hydrogens is 503 g/mol. The molecule has 32 heavy (non-hydrogen) atoms. The zero-order valence-corrected chi connectivity index (χ0v) is 20.3. The molecule has 0 aliphatic carbocycles. The summed E-state index contributed by atoms with van der Waals surface area (Å²) in [6.07, 6.45) is 0.113. The van der Waals surface area contributed by atoms with Crippen LogP contribution in [0.4, 0.5) is 0 Å². The molecule has 0 saturated carbocycles. The highest BCUT2D eigenvalue weighted by atomic mass is 35.6. The lowest BCUT2D eigenvalue weighted by Crippen LogP contribution is -2.79. The zero-order chi connectivity index (χ0) is 23.7. The van der Waals surface area contributed by atoms with Crippen LogP contribution in [-0.4, -0.2) is 67.9 Å². The van der Waals surface area contributed by atoms with Crippen molar-refractivity contribution in [2.45, 2.75) is 47.1 Å². The number of ether oxygens (including phenoxy) is 2. The molecule has 4 atom stereocenters. The number of hydrogen-bond donors (Lipinski definition) is 1. The number of esters is 2. The number of β-lactam (4-membered cyclic amide) rings is 1. The van der Waals surface area contributed by atoms with Gasteiger partial charge < -0.3 is 19.7 Å². The molecule has 1 aromatic carbocycles. The number of nitrogens with one attached hydrogen (secondary N) is 1. The van der Waals surface area contributed by atoms with Gasteiger partial charge in [0.25, 0.3) is 0 Å². The van der Waals surface area contributed by atoms with Crippen molar-refractivity contribution in [1.29, 1.82) is 0 Å². The largest absolute Gasteiger partial charge is 0.459 e. The molecule has 174 valence electrons. The third-order valence-corrected chi connectivity index (χ3v) is 6.89. The fourth-order valence-corrected chi connectivity index (χ4v) is 5.35. The lowest BCUT2D eigenvalue weighted by atomic mass is 9.90. The number of carbonyl (C=O) groups is 4. The van der Waals surface area contributed by atoms with Crippen LogP contribution in [0.25, 0.3) is 0 Å². The van der Waals surface area contributed by atoms with Crippen molar-refractivity contribution in [3.8, 4) is 0 Å². The van der Waals surface area contributed by atoms with Gasteiger partial charge in [-0.05, 0) is 12.5 Å². The molecule has 12 heteroatoms. The number of hydrogen-bond acceptors (Lipinski definition) is 7. The third-order valence-electron chi connectivity index (χ3n) is 4.98. The first-order valence-electron chi connectivity index (χ1n) is 9.61. The van der Waals surface area contributed by atoms with Crippen LogP contribution in [0.2, 0.25) is 0 Å². The van der Waals surface area contributed by atoms with Gasteiger partial charge in [0.15, 0.2) is 6.04 Å². The molecular formula is C20H21Cl3N2O6S. The topological polar surface area (TPSA) is 102 Å². The molecule has 2 heterocycles. The Bertz CT molecular complexity index is 912. The van der Waals surface area contributed by atoms with Crippen LogP contribution in [0.1, 0.15) is 19.4 Å². The van der Waals surface area contributed by atoms with Gasteiger partial charge in [0.05, 0.1) is 6.42 Å². The summed E-state index contributed by atoms with van der Waals surface area (Å²) in [6.45, 7) is 2.20. The molecule has 2 aliphatic heterocycles. The van der Waals surface area contributed by atoms with Gasteiger partial charge in [-0.15, -0.1) is 11.8 Å². The monoisotopic (exact) mass is 522 g/mol. The van der Waals surface area contributed by atoms with E-state index in [1.165, 1.54) is 30.5 Å². The molecule has 0 bridgehead atoms. The highest BCUT2D eigenvalue weighted by Crippen LogP contribution is 2.44. The first-order valence-corrected chi connectivity index (χ1v) is 11.8. The molecule has 2 amide bonds. The average molecular weight is 524 g/mol. The maximum absolute atomic E-state index is 12.9. The van der Waals surface area contributed by atoms with E-state index in [1.807, 2.05) is 30.3 Å². The van der Waals surface area contributed by atoms with Crippen LogP contribution in [0.3, 0.4) is 0 Å². The molecule has 3 rings (SSSR count). The Hall–Kier alpha value is -1.68. The van der Waals surface area contributed by atoms with E-state index in [1.54, 1.807) is 0 Å². The number of fused-ring (bicyclic) bond motifs is 1. The molecule has 3 unspecified atom stereocenters. The van der Waals surface area contributed by atoms with Crippen LogP contribution in [0.5, 0.6) is 0 Å². The summed E-state index contributed by atoms with van der Waals surface area (Å²) in [5.41, 5.74) is -0.549. The van der Waals surface area contributed by atoms with Crippen molar-refractivity contribution >= 4 is 70.3 Å². The normalized spacial score (nSPS) is 27.1. The zero-order valence-electron chi connectivity index (χ0n) is 17.2. The predicted octanol–water partition coefficient (Wildman–Crippen LogP) is 2.23. The quantitative estimate of drug-likeness (QED) is 0.347. The van der Waals surface area contributed by atoms with E-state index in [0.29, 0.717) is 0 Å².